The van der Waals surface area contributed by atoms with Crippen molar-refractivity contribution in [2.24, 2.45) is 0 Å². The molecule has 1 amide bonds. The maximum atomic E-state index is 12.0. The second kappa shape index (κ2) is 5.92. The normalized spacial score (nSPS) is 10.2. The number of aromatic nitrogens is 2. The molecule has 0 unspecified atom stereocenters. The molecule has 3 N–H and O–H groups in total. The number of carbonyl (C=O) groups is 1. The molecule has 6 heteroatoms. The van der Waals surface area contributed by atoms with E-state index in [4.69, 9.17) is 0 Å². The Morgan fingerprint density at radius 2 is 2.05 bits per heavy atom. The molecule has 6 nitrogen and oxygen atoms in total. The van der Waals surface area contributed by atoms with Gasteiger partial charge in [-0.25, -0.2) is 5.10 Å². The molecule has 0 aliphatic carbocycles. The van der Waals surface area contributed by atoms with Crippen LogP contribution < -0.4 is 16.2 Å². The van der Waals surface area contributed by atoms with E-state index in [1.165, 1.54) is 12.1 Å². The lowest BCUT2D eigenvalue weighted by atomic mass is 10.1. The van der Waals surface area contributed by atoms with Crippen molar-refractivity contribution in [3.63, 3.8) is 0 Å². The summed E-state index contributed by atoms with van der Waals surface area (Å²) in [6.07, 6.45) is 0. The van der Waals surface area contributed by atoms with Gasteiger partial charge in [0.25, 0.3) is 11.5 Å². The summed E-state index contributed by atoms with van der Waals surface area (Å²) in [5.41, 5.74) is 1.52. The van der Waals surface area contributed by atoms with E-state index in [0.29, 0.717) is 6.54 Å². The summed E-state index contributed by atoms with van der Waals surface area (Å²) in [6, 6.07) is 10.1. The van der Waals surface area contributed by atoms with Crippen molar-refractivity contribution in [1.29, 1.82) is 0 Å². The molecule has 0 saturated heterocycles. The van der Waals surface area contributed by atoms with Crippen LogP contribution in [0, 0.1) is 0 Å². The molecule has 1 aromatic heterocycles. The first kappa shape index (κ1) is 13.0. The van der Waals surface area contributed by atoms with Crippen molar-refractivity contribution in [2.75, 3.05) is 12.4 Å². The van der Waals surface area contributed by atoms with E-state index in [-0.39, 0.29) is 17.2 Å². The van der Waals surface area contributed by atoms with Crippen LogP contribution in [-0.4, -0.2) is 23.2 Å². The minimum Gasteiger partial charge on any atom is -0.320 e. The standard InChI is InChI=1S/C13H14N4O2/c1-14-8-9-4-2-3-5-10(9)15-13(19)11-6-7-12(18)17-16-11/h2-7,14H,8H2,1H3,(H,15,19)(H,17,18). The molecule has 1 aromatic carbocycles. The Labute approximate surface area is 109 Å². The number of amides is 1. The Balaban J connectivity index is 2.19. The molecular weight excluding hydrogens is 244 g/mol. The van der Waals surface area contributed by atoms with Crippen molar-refractivity contribution in [3.05, 3.63) is 58.0 Å². The fourth-order valence-electron chi connectivity index (χ4n) is 1.64. The SMILES string of the molecule is CNCc1ccccc1NC(=O)c1ccc(=O)[nH]n1. The summed E-state index contributed by atoms with van der Waals surface area (Å²) in [7, 11) is 1.84. The first-order chi connectivity index (χ1) is 9.20. The van der Waals surface area contributed by atoms with Crippen LogP contribution in [-0.2, 0) is 6.54 Å². The van der Waals surface area contributed by atoms with E-state index in [1.54, 1.807) is 0 Å². The van der Waals surface area contributed by atoms with Crippen LogP contribution in [0.2, 0.25) is 0 Å². The third kappa shape index (κ3) is 3.26. The minimum atomic E-state index is -0.361. The monoisotopic (exact) mass is 258 g/mol. The molecule has 19 heavy (non-hydrogen) atoms. The average molecular weight is 258 g/mol. The smallest absolute Gasteiger partial charge is 0.276 e. The molecule has 0 bridgehead atoms. The van der Waals surface area contributed by atoms with Crippen molar-refractivity contribution in [1.82, 2.24) is 15.5 Å². The maximum absolute atomic E-state index is 12.0. The average Bonchev–Trinajstić information content (AvgIpc) is 2.42. The number of benzene rings is 1. The van der Waals surface area contributed by atoms with Gasteiger partial charge >= 0.3 is 0 Å². The third-order valence-corrected chi connectivity index (χ3v) is 2.54. The Morgan fingerprint density at radius 3 is 2.74 bits per heavy atom. The zero-order chi connectivity index (χ0) is 13.7. The van der Waals surface area contributed by atoms with Gasteiger partial charge in [-0.3, -0.25) is 9.59 Å². The number of H-pyrrole nitrogens is 1. The lowest BCUT2D eigenvalue weighted by Crippen LogP contribution is -2.19. The zero-order valence-electron chi connectivity index (χ0n) is 10.4. The molecule has 98 valence electrons. The van der Waals surface area contributed by atoms with Gasteiger partial charge < -0.3 is 10.6 Å². The summed E-state index contributed by atoms with van der Waals surface area (Å²) >= 11 is 0. The molecule has 2 aromatic rings. The molecule has 1 heterocycles. The third-order valence-electron chi connectivity index (χ3n) is 2.54. The first-order valence-electron chi connectivity index (χ1n) is 5.80. The molecule has 0 saturated carbocycles. The van der Waals surface area contributed by atoms with E-state index in [9.17, 15) is 9.59 Å². The molecular formula is C13H14N4O2. The van der Waals surface area contributed by atoms with Gasteiger partial charge in [0.1, 0.15) is 5.69 Å². The molecule has 0 fully saturated rings. The fraction of sp³-hybridized carbons (Fsp3) is 0.154. The van der Waals surface area contributed by atoms with Crippen LogP contribution in [0.3, 0.4) is 0 Å². The number of nitrogens with zero attached hydrogens (tertiary/aromatic N) is 1. The molecule has 0 spiro atoms. The Bertz CT molecular complexity index is 616. The van der Waals surface area contributed by atoms with Gasteiger partial charge in [-0.1, -0.05) is 18.2 Å². The molecule has 0 aliphatic rings. The minimum absolute atomic E-state index is 0.166. The summed E-state index contributed by atoms with van der Waals surface area (Å²) < 4.78 is 0. The van der Waals surface area contributed by atoms with Crippen molar-refractivity contribution < 1.29 is 4.79 Å². The van der Waals surface area contributed by atoms with Gasteiger partial charge in [0.15, 0.2) is 0 Å². The van der Waals surface area contributed by atoms with Gasteiger partial charge in [-0.2, -0.15) is 5.10 Å². The number of para-hydroxylation sites is 1. The van der Waals surface area contributed by atoms with E-state index in [1.807, 2.05) is 31.3 Å². The Kier molecular flexibility index (Phi) is 4.04. The molecule has 0 atom stereocenters. The van der Waals surface area contributed by atoms with Crippen LogP contribution >= 0.6 is 0 Å². The van der Waals surface area contributed by atoms with Crippen LogP contribution in [0.15, 0.2) is 41.2 Å². The summed E-state index contributed by atoms with van der Waals surface area (Å²) in [4.78, 5) is 22.8. The molecule has 0 aliphatic heterocycles. The molecule has 0 radical (unpaired) electrons. The Hall–Kier alpha value is -2.47. The molecule has 2 rings (SSSR count). The number of carbonyl (C=O) groups excluding carboxylic acids is 1. The van der Waals surface area contributed by atoms with E-state index in [0.717, 1.165) is 11.3 Å². The van der Waals surface area contributed by atoms with Gasteiger partial charge in [-0.05, 0) is 24.7 Å². The van der Waals surface area contributed by atoms with Crippen LogP contribution in [0.25, 0.3) is 0 Å². The van der Waals surface area contributed by atoms with Crippen LogP contribution in [0.1, 0.15) is 16.1 Å². The first-order valence-corrected chi connectivity index (χ1v) is 5.80. The van der Waals surface area contributed by atoms with Gasteiger partial charge in [-0.15, -0.1) is 0 Å². The largest absolute Gasteiger partial charge is 0.320 e. The second-order valence-electron chi connectivity index (χ2n) is 3.95. The highest BCUT2D eigenvalue weighted by atomic mass is 16.2. The lowest BCUT2D eigenvalue weighted by Gasteiger charge is -2.10. The quantitative estimate of drug-likeness (QED) is 0.755. The Morgan fingerprint density at radius 1 is 1.26 bits per heavy atom. The number of rotatable bonds is 4. The maximum Gasteiger partial charge on any atom is 0.276 e. The number of anilines is 1. The van der Waals surface area contributed by atoms with Crippen molar-refractivity contribution >= 4 is 11.6 Å². The fourth-order valence-corrected chi connectivity index (χ4v) is 1.64. The van der Waals surface area contributed by atoms with Crippen LogP contribution in [0.5, 0.6) is 0 Å². The highest BCUT2D eigenvalue weighted by Gasteiger charge is 2.09. The summed E-state index contributed by atoms with van der Waals surface area (Å²) in [5.74, 6) is -0.361. The highest BCUT2D eigenvalue weighted by molar-refractivity contribution is 6.03. The number of nitrogens with one attached hydrogen (secondary N) is 3. The highest BCUT2D eigenvalue weighted by Crippen LogP contribution is 2.15. The predicted molar refractivity (Wildman–Crippen MR) is 72.0 cm³/mol. The van der Waals surface area contributed by atoms with Crippen LogP contribution in [0.4, 0.5) is 5.69 Å². The van der Waals surface area contributed by atoms with Gasteiger partial charge in [0.05, 0.1) is 0 Å². The lowest BCUT2D eigenvalue weighted by molar-refractivity contribution is 0.102. The van der Waals surface area contributed by atoms with Gasteiger partial charge in [0, 0.05) is 18.3 Å². The number of hydrogen-bond donors (Lipinski definition) is 3. The zero-order valence-corrected chi connectivity index (χ0v) is 10.4. The van der Waals surface area contributed by atoms with Crippen molar-refractivity contribution in [3.8, 4) is 0 Å². The second-order valence-corrected chi connectivity index (χ2v) is 3.95. The number of aromatic amines is 1. The summed E-state index contributed by atoms with van der Waals surface area (Å²) in [5, 5.41) is 11.7. The predicted octanol–water partition coefficient (Wildman–Crippen LogP) is 0.742. The topological polar surface area (TPSA) is 86.9 Å². The van der Waals surface area contributed by atoms with Gasteiger partial charge in [0.2, 0.25) is 0 Å². The van der Waals surface area contributed by atoms with E-state index < -0.39 is 0 Å². The summed E-state index contributed by atoms with van der Waals surface area (Å²) in [6.45, 7) is 0.648. The van der Waals surface area contributed by atoms with Crippen molar-refractivity contribution in [2.45, 2.75) is 6.54 Å². The number of hydrogen-bond acceptors (Lipinski definition) is 4. The van der Waals surface area contributed by atoms with E-state index >= 15 is 0 Å². The van der Waals surface area contributed by atoms with E-state index in [2.05, 4.69) is 20.8 Å².